The standard InChI is InChI=1S/C26H25ClF2N4O2/c27-20-9-4-8-19(25(20)23(31)14-22(30)16-5-3-6-17(28)11-10-16)26(35)33-24(21(29)15-34)13-18-7-1-2-12-32-18/h1-4,6-12,14,21,24,30,34H,5,13,15,31H2,(H,33,35). The van der Waals surface area contributed by atoms with E-state index in [-0.39, 0.29) is 34.0 Å². The van der Waals surface area contributed by atoms with Gasteiger partial charge in [-0.2, -0.15) is 0 Å². The third-order valence-electron chi connectivity index (χ3n) is 5.33. The molecule has 35 heavy (non-hydrogen) atoms. The van der Waals surface area contributed by atoms with E-state index in [1.807, 2.05) is 0 Å². The Balaban J connectivity index is 1.88. The van der Waals surface area contributed by atoms with Crippen LogP contribution < -0.4 is 11.1 Å². The normalized spacial score (nSPS) is 15.5. The molecule has 1 aliphatic carbocycles. The quantitative estimate of drug-likeness (QED) is 0.382. The van der Waals surface area contributed by atoms with Gasteiger partial charge in [0.2, 0.25) is 0 Å². The van der Waals surface area contributed by atoms with Crippen LogP contribution >= 0.6 is 11.6 Å². The van der Waals surface area contributed by atoms with Crippen molar-refractivity contribution in [2.24, 2.45) is 5.73 Å². The lowest BCUT2D eigenvalue weighted by Crippen LogP contribution is -2.45. The van der Waals surface area contributed by atoms with E-state index >= 15 is 0 Å². The molecular weight excluding hydrogens is 474 g/mol. The highest BCUT2D eigenvalue weighted by molar-refractivity contribution is 6.33. The average Bonchev–Trinajstić information content (AvgIpc) is 3.07. The van der Waals surface area contributed by atoms with E-state index in [1.165, 1.54) is 30.4 Å². The molecule has 1 amide bonds. The zero-order valence-electron chi connectivity index (χ0n) is 18.7. The number of nitrogens with one attached hydrogen (secondary N) is 2. The minimum Gasteiger partial charge on any atom is -0.398 e. The summed E-state index contributed by atoms with van der Waals surface area (Å²) in [5.41, 5.74) is 7.65. The molecule has 0 spiro atoms. The Morgan fingerprint density at radius 1 is 1.29 bits per heavy atom. The number of hydrogen-bond acceptors (Lipinski definition) is 5. The van der Waals surface area contributed by atoms with Crippen molar-refractivity contribution in [2.45, 2.75) is 25.1 Å². The molecule has 2 aromatic rings. The predicted molar refractivity (Wildman–Crippen MR) is 134 cm³/mol. The second kappa shape index (κ2) is 12.2. The molecule has 1 aromatic heterocycles. The first-order valence-electron chi connectivity index (χ1n) is 10.8. The number of aliphatic hydroxyl groups excluding tert-OH is 1. The van der Waals surface area contributed by atoms with E-state index in [2.05, 4.69) is 10.3 Å². The molecule has 6 nitrogen and oxygen atoms in total. The van der Waals surface area contributed by atoms with Gasteiger partial charge >= 0.3 is 0 Å². The Kier molecular flexibility index (Phi) is 9.05. The van der Waals surface area contributed by atoms with Gasteiger partial charge in [0.05, 0.1) is 28.9 Å². The van der Waals surface area contributed by atoms with E-state index < -0.39 is 30.6 Å². The number of rotatable bonds is 9. The number of alkyl halides is 1. The van der Waals surface area contributed by atoms with E-state index in [9.17, 15) is 18.7 Å². The van der Waals surface area contributed by atoms with Crippen molar-refractivity contribution in [1.29, 1.82) is 5.41 Å². The first kappa shape index (κ1) is 26.0. The fourth-order valence-electron chi connectivity index (χ4n) is 3.52. The molecule has 0 saturated carbocycles. The first-order chi connectivity index (χ1) is 16.8. The van der Waals surface area contributed by atoms with Gasteiger partial charge in [0, 0.05) is 29.6 Å². The first-order valence-corrected chi connectivity index (χ1v) is 11.2. The van der Waals surface area contributed by atoms with Crippen LogP contribution in [0.2, 0.25) is 5.02 Å². The van der Waals surface area contributed by atoms with Crippen molar-refractivity contribution >= 4 is 28.9 Å². The predicted octanol–water partition coefficient (Wildman–Crippen LogP) is 4.47. The number of amides is 1. The van der Waals surface area contributed by atoms with Crippen LogP contribution in [-0.2, 0) is 6.42 Å². The van der Waals surface area contributed by atoms with Crippen LogP contribution in [0.5, 0.6) is 0 Å². The second-order valence-corrected chi connectivity index (χ2v) is 8.24. The van der Waals surface area contributed by atoms with Crippen molar-refractivity contribution in [3.05, 3.63) is 106 Å². The molecule has 1 aliphatic rings. The van der Waals surface area contributed by atoms with E-state index in [0.717, 1.165) is 0 Å². The number of hydrogen-bond donors (Lipinski definition) is 4. The third-order valence-corrected chi connectivity index (χ3v) is 5.65. The molecule has 0 bridgehead atoms. The Hall–Kier alpha value is -3.62. The molecular formula is C26H25ClF2N4O2. The van der Waals surface area contributed by atoms with Gasteiger partial charge < -0.3 is 21.6 Å². The van der Waals surface area contributed by atoms with Crippen molar-refractivity contribution in [1.82, 2.24) is 10.3 Å². The molecule has 1 heterocycles. The highest BCUT2D eigenvalue weighted by Crippen LogP contribution is 2.26. The van der Waals surface area contributed by atoms with Crippen LogP contribution in [0.15, 0.2) is 84.4 Å². The highest BCUT2D eigenvalue weighted by atomic mass is 35.5. The van der Waals surface area contributed by atoms with Gasteiger partial charge in [-0.25, -0.2) is 8.78 Å². The minimum atomic E-state index is -1.73. The van der Waals surface area contributed by atoms with Gasteiger partial charge in [0.25, 0.3) is 5.91 Å². The number of halogens is 3. The SMILES string of the molecule is N=C(C=C(N)c1c(Cl)cccc1C(=O)NC(Cc1ccccn1)C(F)CO)C1=CC=C(F)C=CC1. The summed E-state index contributed by atoms with van der Waals surface area (Å²) in [5.74, 6) is -1.08. The molecule has 0 aliphatic heterocycles. The number of aromatic nitrogens is 1. The average molecular weight is 499 g/mol. The Morgan fingerprint density at radius 3 is 2.80 bits per heavy atom. The molecule has 0 saturated heterocycles. The smallest absolute Gasteiger partial charge is 0.252 e. The van der Waals surface area contributed by atoms with Gasteiger partial charge in [-0.15, -0.1) is 0 Å². The van der Waals surface area contributed by atoms with E-state index in [1.54, 1.807) is 42.6 Å². The number of carbonyl (C=O) groups is 1. The summed E-state index contributed by atoms with van der Waals surface area (Å²) in [6.07, 6.45) is 7.20. The van der Waals surface area contributed by atoms with Crippen LogP contribution in [0.4, 0.5) is 8.78 Å². The summed E-state index contributed by atoms with van der Waals surface area (Å²) in [5, 5.41) is 20.5. The molecule has 5 N–H and O–H groups in total. The van der Waals surface area contributed by atoms with Gasteiger partial charge in [0.15, 0.2) is 0 Å². The lowest BCUT2D eigenvalue weighted by atomic mass is 9.99. The van der Waals surface area contributed by atoms with Crippen molar-refractivity contribution in [3.63, 3.8) is 0 Å². The summed E-state index contributed by atoms with van der Waals surface area (Å²) in [7, 11) is 0. The molecule has 2 unspecified atom stereocenters. The third kappa shape index (κ3) is 6.94. The fraction of sp³-hybridized carbons (Fsp3) is 0.192. The summed E-state index contributed by atoms with van der Waals surface area (Å²) in [6, 6.07) is 8.68. The summed E-state index contributed by atoms with van der Waals surface area (Å²) < 4.78 is 27.9. The lowest BCUT2D eigenvalue weighted by Gasteiger charge is -2.22. The number of benzene rings is 1. The van der Waals surface area contributed by atoms with Crippen molar-refractivity contribution in [2.75, 3.05) is 6.61 Å². The Bertz CT molecular complexity index is 1210. The number of carbonyl (C=O) groups excluding carboxylic acids is 1. The molecule has 182 valence electrons. The monoisotopic (exact) mass is 498 g/mol. The molecule has 0 fully saturated rings. The Morgan fingerprint density at radius 2 is 2.09 bits per heavy atom. The molecule has 2 atom stereocenters. The Labute approximate surface area is 207 Å². The maximum absolute atomic E-state index is 14.5. The number of nitrogens with two attached hydrogens (primary N) is 1. The van der Waals surface area contributed by atoms with Crippen LogP contribution in [0.25, 0.3) is 5.70 Å². The number of aliphatic hydroxyl groups is 1. The molecule has 9 heteroatoms. The molecule has 0 radical (unpaired) electrons. The van der Waals surface area contributed by atoms with Crippen LogP contribution in [0.3, 0.4) is 0 Å². The molecule has 3 rings (SSSR count). The second-order valence-electron chi connectivity index (χ2n) is 7.83. The van der Waals surface area contributed by atoms with Gasteiger partial charge in [-0.1, -0.05) is 35.9 Å². The topological polar surface area (TPSA) is 112 Å². The summed E-state index contributed by atoms with van der Waals surface area (Å²) in [6.45, 7) is -0.780. The van der Waals surface area contributed by atoms with Crippen LogP contribution in [0, 0.1) is 5.41 Å². The lowest BCUT2D eigenvalue weighted by molar-refractivity contribution is 0.0868. The van der Waals surface area contributed by atoms with E-state index in [0.29, 0.717) is 17.7 Å². The number of nitrogens with zero attached hydrogens (tertiary/aromatic N) is 1. The zero-order valence-corrected chi connectivity index (χ0v) is 19.5. The highest BCUT2D eigenvalue weighted by Gasteiger charge is 2.26. The minimum absolute atomic E-state index is 0.0292. The van der Waals surface area contributed by atoms with Gasteiger partial charge in [-0.3, -0.25) is 9.78 Å². The van der Waals surface area contributed by atoms with Gasteiger partial charge in [0.1, 0.15) is 12.0 Å². The largest absolute Gasteiger partial charge is 0.398 e. The van der Waals surface area contributed by atoms with E-state index in [4.69, 9.17) is 22.7 Å². The maximum Gasteiger partial charge on any atom is 0.252 e. The number of allylic oxidation sites excluding steroid dienone is 7. The maximum atomic E-state index is 14.5. The van der Waals surface area contributed by atoms with Crippen LogP contribution in [0.1, 0.15) is 28.0 Å². The summed E-state index contributed by atoms with van der Waals surface area (Å²) >= 11 is 6.36. The van der Waals surface area contributed by atoms with Gasteiger partial charge in [-0.05, 0) is 54.5 Å². The van der Waals surface area contributed by atoms with Crippen molar-refractivity contribution < 1.29 is 18.7 Å². The fourth-order valence-corrected chi connectivity index (χ4v) is 3.80. The summed E-state index contributed by atoms with van der Waals surface area (Å²) in [4.78, 5) is 17.3. The zero-order chi connectivity index (χ0) is 25.4. The van der Waals surface area contributed by atoms with Crippen molar-refractivity contribution in [3.8, 4) is 0 Å². The number of pyridine rings is 1. The molecule has 1 aromatic carbocycles. The van der Waals surface area contributed by atoms with Crippen LogP contribution in [-0.4, -0.2) is 40.5 Å².